The van der Waals surface area contributed by atoms with Gasteiger partial charge in [0.05, 0.1) is 11.9 Å². The number of rotatable bonds is 6. The van der Waals surface area contributed by atoms with Gasteiger partial charge in [-0.15, -0.1) is 0 Å². The molecule has 0 radical (unpaired) electrons. The number of benzene rings is 2. The lowest BCUT2D eigenvalue weighted by Crippen LogP contribution is -2.43. The average molecular weight is 367 g/mol. The molecule has 1 aliphatic rings. The Balaban J connectivity index is 1.44. The van der Waals surface area contributed by atoms with E-state index in [1.165, 1.54) is 21.7 Å². The third-order valence-corrected chi connectivity index (χ3v) is 5.73. The number of likely N-dealkylation sites (tertiary alicyclic amines) is 1. The highest BCUT2D eigenvalue weighted by molar-refractivity contribution is 6.07. The Morgan fingerprint density at radius 2 is 2.00 bits per heavy atom. The second-order valence-corrected chi connectivity index (χ2v) is 8.02. The molecule has 0 spiro atoms. The quantitative estimate of drug-likeness (QED) is 0.682. The predicted molar refractivity (Wildman–Crippen MR) is 110 cm³/mol. The molecule has 0 amide bonds. The van der Waals surface area contributed by atoms with Crippen molar-refractivity contribution < 1.29 is 14.3 Å². The van der Waals surface area contributed by atoms with Crippen LogP contribution in [0.4, 0.5) is 0 Å². The summed E-state index contributed by atoms with van der Waals surface area (Å²) < 4.78 is 11.7. The largest absolute Gasteiger partial charge is 0.492 e. The molecule has 0 atom stereocenters. The van der Waals surface area contributed by atoms with Gasteiger partial charge in [-0.05, 0) is 66.8 Å². The molecule has 1 N–H and O–H groups in total. The van der Waals surface area contributed by atoms with Crippen molar-refractivity contribution in [3.63, 3.8) is 0 Å². The van der Waals surface area contributed by atoms with Crippen molar-refractivity contribution in [2.45, 2.75) is 45.1 Å². The molecular weight excluding hydrogens is 338 g/mol. The molecule has 4 nitrogen and oxygen atoms in total. The first-order valence-corrected chi connectivity index (χ1v) is 10.1. The molecular formula is C23H29NO3. The smallest absolute Gasteiger partial charge is 0.134 e. The Morgan fingerprint density at radius 1 is 1.19 bits per heavy atom. The van der Waals surface area contributed by atoms with E-state index in [0.717, 1.165) is 56.7 Å². The van der Waals surface area contributed by atoms with Gasteiger partial charge in [0.25, 0.3) is 0 Å². The fourth-order valence-electron chi connectivity index (χ4n) is 4.00. The molecule has 1 aliphatic heterocycles. The molecule has 0 saturated carbocycles. The first-order valence-electron chi connectivity index (χ1n) is 10.1. The minimum absolute atomic E-state index is 0.495. The summed E-state index contributed by atoms with van der Waals surface area (Å²) in [7, 11) is 0. The number of piperidine rings is 1. The van der Waals surface area contributed by atoms with E-state index in [4.69, 9.17) is 9.15 Å². The summed E-state index contributed by atoms with van der Waals surface area (Å²) in [5.74, 6) is 0.909. The molecule has 0 aliphatic carbocycles. The monoisotopic (exact) mass is 367 g/mol. The second-order valence-electron chi connectivity index (χ2n) is 8.02. The predicted octanol–water partition coefficient (Wildman–Crippen LogP) is 4.76. The fraction of sp³-hybridized carbons (Fsp3) is 0.478. The van der Waals surface area contributed by atoms with Crippen LogP contribution in [0, 0.1) is 0 Å². The summed E-state index contributed by atoms with van der Waals surface area (Å²) in [6, 6.07) is 10.5. The van der Waals surface area contributed by atoms with Gasteiger partial charge in [0, 0.05) is 25.0 Å². The minimum Gasteiger partial charge on any atom is -0.492 e. The zero-order chi connectivity index (χ0) is 18.9. The van der Waals surface area contributed by atoms with E-state index in [1.807, 2.05) is 13.2 Å². The summed E-state index contributed by atoms with van der Waals surface area (Å²) in [5, 5.41) is 13.7. The molecule has 2 aromatic carbocycles. The molecule has 4 rings (SSSR count). The summed E-state index contributed by atoms with van der Waals surface area (Å²) in [6.07, 6.45) is 5.72. The number of hydrogen-bond acceptors (Lipinski definition) is 4. The van der Waals surface area contributed by atoms with E-state index in [2.05, 4.69) is 42.2 Å². The van der Waals surface area contributed by atoms with Gasteiger partial charge in [0.2, 0.25) is 0 Å². The molecule has 1 fully saturated rings. The van der Waals surface area contributed by atoms with Crippen molar-refractivity contribution in [1.29, 1.82) is 0 Å². The SMILES string of the molecule is CCCc1coc2ccc3cc(OCCN4CCC(C)(O)CC4)ccc3c12. The molecule has 27 heavy (non-hydrogen) atoms. The Kier molecular flexibility index (Phi) is 5.11. The van der Waals surface area contributed by atoms with Crippen molar-refractivity contribution in [2.75, 3.05) is 26.2 Å². The van der Waals surface area contributed by atoms with Gasteiger partial charge < -0.3 is 14.3 Å². The first-order chi connectivity index (χ1) is 13.1. The van der Waals surface area contributed by atoms with E-state index in [0.29, 0.717) is 6.61 Å². The normalized spacial score (nSPS) is 17.6. The highest BCUT2D eigenvalue weighted by atomic mass is 16.5. The van der Waals surface area contributed by atoms with E-state index in [-0.39, 0.29) is 0 Å². The Hall–Kier alpha value is -2.04. The number of fused-ring (bicyclic) bond motifs is 3. The van der Waals surface area contributed by atoms with E-state index in [1.54, 1.807) is 0 Å². The standard InChI is InChI=1S/C23H29NO3/c1-3-4-18-16-27-21-8-5-17-15-19(6-7-20(17)22(18)21)26-14-13-24-11-9-23(2,25)10-12-24/h5-8,15-16,25H,3-4,9-14H2,1-2H3. The van der Waals surface area contributed by atoms with Crippen molar-refractivity contribution >= 4 is 21.7 Å². The molecule has 0 bridgehead atoms. The highest BCUT2D eigenvalue weighted by Gasteiger charge is 2.26. The van der Waals surface area contributed by atoms with E-state index < -0.39 is 5.60 Å². The van der Waals surface area contributed by atoms with Gasteiger partial charge in [0.15, 0.2) is 0 Å². The van der Waals surface area contributed by atoms with E-state index in [9.17, 15) is 5.11 Å². The van der Waals surface area contributed by atoms with Gasteiger partial charge in [-0.2, -0.15) is 0 Å². The molecule has 144 valence electrons. The van der Waals surface area contributed by atoms with Crippen molar-refractivity contribution in [2.24, 2.45) is 0 Å². The maximum atomic E-state index is 10.0. The average Bonchev–Trinajstić information content (AvgIpc) is 3.07. The summed E-state index contributed by atoms with van der Waals surface area (Å²) >= 11 is 0. The van der Waals surface area contributed by atoms with Crippen LogP contribution in [0.1, 0.15) is 38.7 Å². The van der Waals surface area contributed by atoms with Crippen LogP contribution in [0.25, 0.3) is 21.7 Å². The lowest BCUT2D eigenvalue weighted by Gasteiger charge is -2.35. The molecule has 2 heterocycles. The number of furan rings is 1. The maximum absolute atomic E-state index is 10.0. The maximum Gasteiger partial charge on any atom is 0.134 e. The number of aliphatic hydroxyl groups is 1. The number of ether oxygens (including phenoxy) is 1. The molecule has 0 unspecified atom stereocenters. The number of aryl methyl sites for hydroxylation is 1. The summed E-state index contributed by atoms with van der Waals surface area (Å²) in [4.78, 5) is 2.37. The summed E-state index contributed by atoms with van der Waals surface area (Å²) in [6.45, 7) is 7.57. The zero-order valence-electron chi connectivity index (χ0n) is 16.3. The first kappa shape index (κ1) is 18.3. The van der Waals surface area contributed by atoms with Crippen LogP contribution in [-0.2, 0) is 6.42 Å². The summed E-state index contributed by atoms with van der Waals surface area (Å²) in [5.41, 5.74) is 1.75. The third-order valence-electron chi connectivity index (χ3n) is 5.73. The Morgan fingerprint density at radius 3 is 2.78 bits per heavy atom. The molecule has 4 heteroatoms. The molecule has 3 aromatic rings. The Bertz CT molecular complexity index is 918. The van der Waals surface area contributed by atoms with Gasteiger partial charge in [0.1, 0.15) is 17.9 Å². The second kappa shape index (κ2) is 7.53. The minimum atomic E-state index is -0.495. The van der Waals surface area contributed by atoms with Gasteiger partial charge in [-0.1, -0.05) is 19.4 Å². The van der Waals surface area contributed by atoms with Crippen molar-refractivity contribution in [3.05, 3.63) is 42.2 Å². The van der Waals surface area contributed by atoms with E-state index >= 15 is 0 Å². The molecule has 1 aromatic heterocycles. The van der Waals surface area contributed by atoms with Crippen LogP contribution < -0.4 is 4.74 Å². The van der Waals surface area contributed by atoms with Crippen LogP contribution in [0.2, 0.25) is 0 Å². The number of nitrogens with zero attached hydrogens (tertiary/aromatic N) is 1. The van der Waals surface area contributed by atoms with Crippen molar-refractivity contribution in [1.82, 2.24) is 4.90 Å². The van der Waals surface area contributed by atoms with Crippen LogP contribution in [0.15, 0.2) is 41.0 Å². The van der Waals surface area contributed by atoms with Crippen molar-refractivity contribution in [3.8, 4) is 5.75 Å². The third kappa shape index (κ3) is 3.97. The van der Waals surface area contributed by atoms with Gasteiger partial charge >= 0.3 is 0 Å². The zero-order valence-corrected chi connectivity index (χ0v) is 16.3. The topological polar surface area (TPSA) is 45.8 Å². The van der Waals surface area contributed by atoms with Gasteiger partial charge in [-0.25, -0.2) is 0 Å². The fourth-order valence-corrected chi connectivity index (χ4v) is 4.00. The highest BCUT2D eigenvalue weighted by Crippen LogP contribution is 2.32. The lowest BCUT2D eigenvalue weighted by atomic mass is 9.94. The molecule has 1 saturated heterocycles. The lowest BCUT2D eigenvalue weighted by molar-refractivity contribution is -0.00767. The number of hydrogen-bond donors (Lipinski definition) is 1. The van der Waals surface area contributed by atoms with Crippen LogP contribution in [-0.4, -0.2) is 41.8 Å². The van der Waals surface area contributed by atoms with Crippen LogP contribution >= 0.6 is 0 Å². The van der Waals surface area contributed by atoms with Crippen LogP contribution in [0.5, 0.6) is 5.75 Å². The van der Waals surface area contributed by atoms with Gasteiger partial charge in [-0.3, -0.25) is 4.90 Å². The van der Waals surface area contributed by atoms with Crippen LogP contribution in [0.3, 0.4) is 0 Å². The Labute approximate surface area is 160 Å².